The molecule has 5 nitrogen and oxygen atoms in total. The monoisotopic (exact) mass is 272 g/mol. The van der Waals surface area contributed by atoms with Crippen LogP contribution in [-0.4, -0.2) is 56.4 Å². The molecule has 0 aliphatic heterocycles. The van der Waals surface area contributed by atoms with E-state index in [4.69, 9.17) is 15.2 Å². The molecule has 0 aromatic heterocycles. The molecule has 0 heterocycles. The van der Waals surface area contributed by atoms with Crippen molar-refractivity contribution >= 4 is 5.91 Å². The second-order valence-corrected chi connectivity index (χ2v) is 4.92. The van der Waals surface area contributed by atoms with Crippen molar-refractivity contribution < 1.29 is 14.3 Å². The lowest BCUT2D eigenvalue weighted by Gasteiger charge is -2.27. The lowest BCUT2D eigenvalue weighted by Crippen LogP contribution is -2.44. The van der Waals surface area contributed by atoms with Crippen LogP contribution >= 0.6 is 0 Å². The topological polar surface area (TPSA) is 64.8 Å². The van der Waals surface area contributed by atoms with Gasteiger partial charge in [0.15, 0.2) is 0 Å². The summed E-state index contributed by atoms with van der Waals surface area (Å²) >= 11 is 0. The zero-order valence-corrected chi connectivity index (χ0v) is 12.3. The number of amides is 1. The van der Waals surface area contributed by atoms with Crippen LogP contribution in [0.4, 0.5) is 0 Å². The lowest BCUT2D eigenvalue weighted by atomic mass is 10.0. The fraction of sp³-hybridized carbons (Fsp3) is 0.929. The van der Waals surface area contributed by atoms with Crippen molar-refractivity contribution in [1.82, 2.24) is 4.90 Å². The minimum atomic E-state index is -0.0109. The third-order valence-corrected chi connectivity index (χ3v) is 3.62. The van der Waals surface area contributed by atoms with Gasteiger partial charge >= 0.3 is 0 Å². The highest BCUT2D eigenvalue weighted by atomic mass is 16.5. The van der Waals surface area contributed by atoms with Crippen LogP contribution in [0.15, 0.2) is 0 Å². The molecule has 1 aliphatic rings. The smallest absolute Gasteiger partial charge is 0.227 e. The van der Waals surface area contributed by atoms with Gasteiger partial charge in [-0.05, 0) is 26.7 Å². The molecule has 19 heavy (non-hydrogen) atoms. The first-order chi connectivity index (χ1) is 9.20. The quantitative estimate of drug-likeness (QED) is 0.636. The molecule has 1 amide bonds. The molecule has 112 valence electrons. The van der Waals surface area contributed by atoms with E-state index in [9.17, 15) is 4.79 Å². The first kappa shape index (κ1) is 16.4. The van der Waals surface area contributed by atoms with Gasteiger partial charge in [0.2, 0.25) is 5.91 Å². The molecule has 1 rings (SSSR count). The number of carbonyl (C=O) groups is 1. The lowest BCUT2D eigenvalue weighted by molar-refractivity contribution is -0.137. The number of carbonyl (C=O) groups excluding carboxylic acids is 1. The van der Waals surface area contributed by atoms with Crippen LogP contribution in [0.25, 0.3) is 0 Å². The Kier molecular flexibility index (Phi) is 8.02. The minimum Gasteiger partial charge on any atom is -0.380 e. The van der Waals surface area contributed by atoms with Crippen molar-refractivity contribution in [2.45, 2.75) is 39.2 Å². The van der Waals surface area contributed by atoms with Crippen molar-refractivity contribution in [3.8, 4) is 0 Å². The Labute approximate surface area is 116 Å². The Morgan fingerprint density at radius 1 is 1.16 bits per heavy atom. The summed E-state index contributed by atoms with van der Waals surface area (Å²) in [6.45, 7) is 7.68. The minimum absolute atomic E-state index is 0.0109. The van der Waals surface area contributed by atoms with E-state index in [1.54, 1.807) is 0 Å². The molecule has 5 heteroatoms. The molecular formula is C14H28N2O3. The van der Waals surface area contributed by atoms with E-state index < -0.39 is 0 Å². The molecule has 0 aromatic carbocycles. The highest BCUT2D eigenvalue weighted by Crippen LogP contribution is 2.25. The fourth-order valence-electron chi connectivity index (χ4n) is 2.50. The first-order valence-electron chi connectivity index (χ1n) is 7.40. The summed E-state index contributed by atoms with van der Waals surface area (Å²) in [7, 11) is 0. The summed E-state index contributed by atoms with van der Waals surface area (Å²) < 4.78 is 10.7. The van der Waals surface area contributed by atoms with Crippen molar-refractivity contribution in [1.29, 1.82) is 0 Å². The SMILES string of the molecule is CCOCCN(CCOCC)C(=O)C1CCCC1N. The van der Waals surface area contributed by atoms with Crippen LogP contribution in [0.1, 0.15) is 33.1 Å². The molecule has 1 saturated carbocycles. The first-order valence-corrected chi connectivity index (χ1v) is 7.40. The van der Waals surface area contributed by atoms with Crippen LogP contribution in [0, 0.1) is 5.92 Å². The Balaban J connectivity index is 2.47. The Morgan fingerprint density at radius 3 is 2.16 bits per heavy atom. The summed E-state index contributed by atoms with van der Waals surface area (Å²) in [6, 6.07) is 0.0224. The second kappa shape index (κ2) is 9.28. The van der Waals surface area contributed by atoms with Gasteiger partial charge < -0.3 is 20.1 Å². The van der Waals surface area contributed by atoms with Gasteiger partial charge in [-0.2, -0.15) is 0 Å². The molecule has 0 spiro atoms. The second-order valence-electron chi connectivity index (χ2n) is 4.92. The maximum atomic E-state index is 12.5. The molecule has 0 saturated heterocycles. The van der Waals surface area contributed by atoms with Gasteiger partial charge in [0, 0.05) is 32.3 Å². The average Bonchev–Trinajstić information content (AvgIpc) is 2.83. The maximum Gasteiger partial charge on any atom is 0.227 e. The summed E-state index contributed by atoms with van der Waals surface area (Å²) in [5, 5.41) is 0. The highest BCUT2D eigenvalue weighted by Gasteiger charge is 2.33. The summed E-state index contributed by atoms with van der Waals surface area (Å²) in [5.41, 5.74) is 6.02. The van der Waals surface area contributed by atoms with Crippen molar-refractivity contribution in [2.24, 2.45) is 11.7 Å². The molecule has 2 unspecified atom stereocenters. The number of hydrogen-bond acceptors (Lipinski definition) is 4. The Morgan fingerprint density at radius 2 is 1.74 bits per heavy atom. The van der Waals surface area contributed by atoms with Crippen LogP contribution in [0.2, 0.25) is 0 Å². The van der Waals surface area contributed by atoms with Crippen LogP contribution in [0.3, 0.4) is 0 Å². The molecule has 0 aromatic rings. The number of hydrogen-bond donors (Lipinski definition) is 1. The van der Waals surface area contributed by atoms with E-state index in [-0.39, 0.29) is 17.9 Å². The fourth-order valence-corrected chi connectivity index (χ4v) is 2.50. The number of ether oxygens (including phenoxy) is 2. The van der Waals surface area contributed by atoms with Gasteiger partial charge in [-0.1, -0.05) is 6.42 Å². The van der Waals surface area contributed by atoms with E-state index in [1.165, 1.54) is 0 Å². The molecule has 2 N–H and O–H groups in total. The molecule has 1 aliphatic carbocycles. The van der Waals surface area contributed by atoms with E-state index >= 15 is 0 Å². The van der Waals surface area contributed by atoms with Gasteiger partial charge in [0.05, 0.1) is 19.1 Å². The van der Waals surface area contributed by atoms with Crippen molar-refractivity contribution in [2.75, 3.05) is 39.5 Å². The van der Waals surface area contributed by atoms with Crippen LogP contribution < -0.4 is 5.73 Å². The molecule has 0 radical (unpaired) electrons. The summed E-state index contributed by atoms with van der Waals surface area (Å²) in [6.07, 6.45) is 2.93. The Bertz CT molecular complexity index is 251. The van der Waals surface area contributed by atoms with Gasteiger partial charge in [0.1, 0.15) is 0 Å². The van der Waals surface area contributed by atoms with Gasteiger partial charge in [-0.3, -0.25) is 4.79 Å². The normalized spacial score (nSPS) is 22.7. The molecule has 0 bridgehead atoms. The number of nitrogens with two attached hydrogens (primary N) is 1. The number of nitrogens with zero attached hydrogens (tertiary/aromatic N) is 1. The standard InChI is InChI=1S/C14H28N2O3/c1-3-18-10-8-16(9-11-19-4-2)14(17)12-6-5-7-13(12)15/h12-13H,3-11,15H2,1-2H3. The highest BCUT2D eigenvalue weighted by molar-refractivity contribution is 5.79. The Hall–Kier alpha value is -0.650. The van der Waals surface area contributed by atoms with Gasteiger partial charge in [0.25, 0.3) is 0 Å². The van der Waals surface area contributed by atoms with Crippen LogP contribution in [0.5, 0.6) is 0 Å². The van der Waals surface area contributed by atoms with E-state index in [1.807, 2.05) is 18.7 Å². The largest absolute Gasteiger partial charge is 0.380 e. The molecule has 2 atom stereocenters. The zero-order valence-electron chi connectivity index (χ0n) is 12.3. The van der Waals surface area contributed by atoms with E-state index in [0.717, 1.165) is 19.3 Å². The zero-order chi connectivity index (χ0) is 14.1. The summed E-state index contributed by atoms with van der Waals surface area (Å²) in [4.78, 5) is 14.3. The van der Waals surface area contributed by atoms with E-state index in [0.29, 0.717) is 39.5 Å². The van der Waals surface area contributed by atoms with E-state index in [2.05, 4.69) is 0 Å². The predicted octanol–water partition coefficient (Wildman–Crippen LogP) is 1.02. The third-order valence-electron chi connectivity index (χ3n) is 3.62. The van der Waals surface area contributed by atoms with Gasteiger partial charge in [-0.25, -0.2) is 0 Å². The predicted molar refractivity (Wildman–Crippen MR) is 74.9 cm³/mol. The number of rotatable bonds is 9. The van der Waals surface area contributed by atoms with Gasteiger partial charge in [-0.15, -0.1) is 0 Å². The molecular weight excluding hydrogens is 244 g/mol. The average molecular weight is 272 g/mol. The maximum absolute atomic E-state index is 12.5. The third kappa shape index (κ3) is 5.47. The summed E-state index contributed by atoms with van der Waals surface area (Å²) in [5.74, 6) is 0.160. The van der Waals surface area contributed by atoms with Crippen LogP contribution in [-0.2, 0) is 14.3 Å². The van der Waals surface area contributed by atoms with Crippen molar-refractivity contribution in [3.05, 3.63) is 0 Å². The van der Waals surface area contributed by atoms with Crippen molar-refractivity contribution in [3.63, 3.8) is 0 Å². The molecule has 1 fully saturated rings.